The molecule has 0 unspecified atom stereocenters. The highest BCUT2D eigenvalue weighted by molar-refractivity contribution is 7.10. The highest BCUT2D eigenvalue weighted by Gasteiger charge is 2.33. The van der Waals surface area contributed by atoms with E-state index >= 15 is 0 Å². The van der Waals surface area contributed by atoms with Gasteiger partial charge in [0.1, 0.15) is 5.69 Å². The fraction of sp³-hybridized carbons (Fsp3) is 0.222. The Morgan fingerprint density at radius 1 is 1.11 bits per heavy atom. The summed E-state index contributed by atoms with van der Waals surface area (Å²) in [5.74, 6) is 2.06. The summed E-state index contributed by atoms with van der Waals surface area (Å²) in [5.41, 5.74) is 2.83. The second-order valence-corrected chi connectivity index (χ2v) is 9.91. The Labute approximate surface area is 210 Å². The molecule has 6 heterocycles. The summed E-state index contributed by atoms with van der Waals surface area (Å²) in [5, 5.41) is 7.42. The lowest BCUT2D eigenvalue weighted by Crippen LogP contribution is -2.30. The van der Waals surface area contributed by atoms with Crippen LogP contribution in [-0.4, -0.2) is 38.9 Å². The molecule has 0 aliphatic carbocycles. The molecule has 1 atom stereocenters. The van der Waals surface area contributed by atoms with Crippen LogP contribution in [0.3, 0.4) is 0 Å². The minimum absolute atomic E-state index is 0.00580. The summed E-state index contributed by atoms with van der Waals surface area (Å²) < 4.78 is 18.4. The first-order valence-corrected chi connectivity index (χ1v) is 12.8. The second-order valence-electron chi connectivity index (χ2n) is 8.93. The van der Waals surface area contributed by atoms with Gasteiger partial charge in [0.15, 0.2) is 22.9 Å². The van der Waals surface area contributed by atoms with E-state index in [0.717, 1.165) is 41.8 Å². The predicted molar refractivity (Wildman–Crippen MR) is 134 cm³/mol. The molecule has 0 N–H and O–H groups in total. The minimum atomic E-state index is -0.00580. The Bertz CT molecular complexity index is 1560. The van der Waals surface area contributed by atoms with Crippen molar-refractivity contribution in [2.24, 2.45) is 0 Å². The van der Waals surface area contributed by atoms with Gasteiger partial charge in [-0.3, -0.25) is 4.79 Å². The Morgan fingerprint density at radius 2 is 2.06 bits per heavy atom. The predicted octanol–water partition coefficient (Wildman–Crippen LogP) is 5.51. The smallest absolute Gasteiger partial charge is 0.255 e. The maximum atomic E-state index is 14.0. The fourth-order valence-electron chi connectivity index (χ4n) is 5.04. The molecule has 0 radical (unpaired) electrons. The molecular formula is C27H22N4O4S. The number of ether oxygens (including phenoxy) is 2. The largest absolute Gasteiger partial charge is 0.463 e. The molecule has 36 heavy (non-hydrogen) atoms. The number of hydrogen-bond donors (Lipinski definition) is 0. The van der Waals surface area contributed by atoms with Crippen molar-refractivity contribution in [3.05, 3.63) is 82.4 Å². The summed E-state index contributed by atoms with van der Waals surface area (Å²) in [6.45, 7) is 1.43. The zero-order valence-corrected chi connectivity index (χ0v) is 20.1. The second kappa shape index (κ2) is 8.53. The average molecular weight is 499 g/mol. The van der Waals surface area contributed by atoms with Crippen LogP contribution in [0, 0.1) is 0 Å². The molecule has 1 aromatic carbocycles. The van der Waals surface area contributed by atoms with Gasteiger partial charge in [-0.2, -0.15) is 5.10 Å². The van der Waals surface area contributed by atoms with Gasteiger partial charge >= 0.3 is 0 Å². The van der Waals surface area contributed by atoms with E-state index in [1.165, 1.54) is 4.88 Å². The highest BCUT2D eigenvalue weighted by atomic mass is 32.1. The number of aromatic nitrogens is 3. The van der Waals surface area contributed by atoms with E-state index in [1.807, 2.05) is 52.0 Å². The van der Waals surface area contributed by atoms with Crippen molar-refractivity contribution in [2.45, 2.75) is 25.4 Å². The molecule has 9 heteroatoms. The third-order valence-electron chi connectivity index (χ3n) is 6.77. The number of hydrogen-bond acceptors (Lipinski definition) is 7. The molecule has 1 amide bonds. The van der Waals surface area contributed by atoms with Gasteiger partial charge in [-0.15, -0.1) is 11.3 Å². The van der Waals surface area contributed by atoms with Gasteiger partial charge in [0.2, 0.25) is 6.79 Å². The van der Waals surface area contributed by atoms with Crippen LogP contribution in [0.25, 0.3) is 22.5 Å². The number of nitrogens with zero attached hydrogens (tertiary/aromatic N) is 4. The van der Waals surface area contributed by atoms with Crippen LogP contribution in [0.2, 0.25) is 0 Å². The Balaban J connectivity index is 1.31. The molecule has 1 fully saturated rings. The van der Waals surface area contributed by atoms with E-state index in [4.69, 9.17) is 18.9 Å². The Morgan fingerprint density at radius 3 is 2.92 bits per heavy atom. The quantitative estimate of drug-likeness (QED) is 0.318. The average Bonchev–Trinajstić information content (AvgIpc) is 3.73. The molecule has 0 spiro atoms. The van der Waals surface area contributed by atoms with Crippen molar-refractivity contribution < 1.29 is 18.7 Å². The minimum Gasteiger partial charge on any atom is -0.463 e. The number of furan rings is 1. The lowest BCUT2D eigenvalue weighted by molar-refractivity contribution is 0.0740. The summed E-state index contributed by atoms with van der Waals surface area (Å²) in [6, 6.07) is 15.6. The highest BCUT2D eigenvalue weighted by Crippen LogP contribution is 2.37. The molecule has 2 aliphatic rings. The third kappa shape index (κ3) is 3.54. The summed E-state index contributed by atoms with van der Waals surface area (Å²) in [6.07, 6.45) is 5.30. The van der Waals surface area contributed by atoms with Crippen molar-refractivity contribution >= 4 is 28.3 Å². The van der Waals surface area contributed by atoms with Crippen LogP contribution < -0.4 is 9.47 Å². The number of amides is 1. The zero-order chi connectivity index (χ0) is 24.1. The van der Waals surface area contributed by atoms with Gasteiger partial charge in [0.25, 0.3) is 5.91 Å². The first-order chi connectivity index (χ1) is 17.7. The first-order valence-electron chi connectivity index (χ1n) is 11.9. The maximum absolute atomic E-state index is 14.0. The fourth-order valence-corrected chi connectivity index (χ4v) is 5.92. The Kier molecular flexibility index (Phi) is 5.02. The van der Waals surface area contributed by atoms with E-state index in [-0.39, 0.29) is 18.7 Å². The van der Waals surface area contributed by atoms with Gasteiger partial charge in [-0.05, 0) is 60.2 Å². The topological polar surface area (TPSA) is 82.6 Å². The molecule has 4 aromatic heterocycles. The molecule has 5 aromatic rings. The van der Waals surface area contributed by atoms with E-state index in [0.29, 0.717) is 29.2 Å². The normalized spacial score (nSPS) is 16.8. The lowest BCUT2D eigenvalue weighted by Gasteiger charge is -2.24. The molecule has 7 rings (SSSR count). The van der Waals surface area contributed by atoms with Gasteiger partial charge in [0.05, 0.1) is 36.0 Å². The number of likely N-dealkylation sites (tertiary alicyclic amines) is 1. The van der Waals surface area contributed by atoms with Crippen molar-refractivity contribution in [2.75, 3.05) is 13.3 Å². The maximum Gasteiger partial charge on any atom is 0.255 e. The van der Waals surface area contributed by atoms with Crippen LogP contribution >= 0.6 is 11.3 Å². The van der Waals surface area contributed by atoms with E-state index in [2.05, 4.69) is 16.5 Å². The van der Waals surface area contributed by atoms with Crippen molar-refractivity contribution in [1.29, 1.82) is 0 Å². The molecule has 1 saturated heterocycles. The van der Waals surface area contributed by atoms with Crippen LogP contribution in [0.15, 0.2) is 70.8 Å². The first kappa shape index (κ1) is 21.2. The van der Waals surface area contributed by atoms with Crippen molar-refractivity contribution in [3.63, 3.8) is 0 Å². The van der Waals surface area contributed by atoms with Crippen LogP contribution in [-0.2, 0) is 6.54 Å². The molecule has 0 bridgehead atoms. The van der Waals surface area contributed by atoms with Gasteiger partial charge < -0.3 is 18.8 Å². The number of carbonyl (C=O) groups excluding carboxylic acids is 1. The summed E-state index contributed by atoms with van der Waals surface area (Å²) >= 11 is 1.70. The standard InChI is InChI=1S/C27H22N4O4S/c32-27(30-9-1-4-21(30)25-6-3-11-36-25)18-13-20(22-5-2-10-33-22)29-26-19(18)14-28-31(26)15-17-7-8-23-24(12-17)35-16-34-23/h2-3,5-8,10-14,21H,1,4,9,15-16H2/t21-/m0/s1. The molecule has 8 nitrogen and oxygen atoms in total. The monoisotopic (exact) mass is 498 g/mol. The number of benzene rings is 1. The van der Waals surface area contributed by atoms with Crippen LogP contribution in [0.4, 0.5) is 0 Å². The molecule has 2 aliphatic heterocycles. The molecular weight excluding hydrogens is 476 g/mol. The van der Waals surface area contributed by atoms with Gasteiger partial charge in [-0.25, -0.2) is 9.67 Å². The summed E-state index contributed by atoms with van der Waals surface area (Å²) in [7, 11) is 0. The number of thiophene rings is 1. The van der Waals surface area contributed by atoms with Gasteiger partial charge in [-0.1, -0.05) is 12.1 Å². The lowest BCUT2D eigenvalue weighted by atomic mass is 10.1. The van der Waals surface area contributed by atoms with E-state index in [9.17, 15) is 4.79 Å². The molecule has 180 valence electrons. The van der Waals surface area contributed by atoms with Crippen molar-refractivity contribution in [1.82, 2.24) is 19.7 Å². The zero-order valence-electron chi connectivity index (χ0n) is 19.3. The van der Waals surface area contributed by atoms with E-state index in [1.54, 1.807) is 23.8 Å². The van der Waals surface area contributed by atoms with Crippen molar-refractivity contribution in [3.8, 4) is 23.0 Å². The van der Waals surface area contributed by atoms with Gasteiger partial charge in [0, 0.05) is 11.4 Å². The van der Waals surface area contributed by atoms with E-state index < -0.39 is 0 Å². The molecule has 0 saturated carbocycles. The SMILES string of the molecule is O=C(c1cc(-c2ccco2)nc2c1cnn2Cc1ccc2c(c1)OCO2)N1CCC[C@H]1c1cccs1. The number of pyridine rings is 1. The number of rotatable bonds is 5. The third-order valence-corrected chi connectivity index (χ3v) is 7.74. The Hall–Kier alpha value is -4.11. The van der Waals surface area contributed by atoms with Crippen LogP contribution in [0.1, 0.15) is 39.7 Å². The summed E-state index contributed by atoms with van der Waals surface area (Å²) in [4.78, 5) is 22.1. The number of fused-ring (bicyclic) bond motifs is 2. The van der Waals surface area contributed by atoms with Crippen LogP contribution in [0.5, 0.6) is 11.5 Å². The number of carbonyl (C=O) groups is 1.